The highest BCUT2D eigenvalue weighted by Gasteiger charge is 2.24. The SMILES string of the molecule is CCOC(=O)Nc1ccc(-c2nc(N3CCOCC3)c3cnn(C4CCNCC4)c3n2)cc1. The number of amides is 1. The van der Waals surface area contributed by atoms with Gasteiger partial charge in [-0.25, -0.2) is 19.4 Å². The fourth-order valence-electron chi connectivity index (χ4n) is 4.36. The Morgan fingerprint density at radius 1 is 1.18 bits per heavy atom. The number of hydrogen-bond donors (Lipinski definition) is 2. The molecule has 10 nitrogen and oxygen atoms in total. The minimum absolute atomic E-state index is 0.320. The van der Waals surface area contributed by atoms with Crippen LogP contribution in [0.3, 0.4) is 0 Å². The van der Waals surface area contributed by atoms with Crippen molar-refractivity contribution in [1.29, 1.82) is 0 Å². The van der Waals surface area contributed by atoms with Gasteiger partial charge in [0.15, 0.2) is 11.5 Å². The Bertz CT molecular complexity index is 1100. The summed E-state index contributed by atoms with van der Waals surface area (Å²) in [5.74, 6) is 1.54. The molecule has 33 heavy (non-hydrogen) atoms. The normalized spacial score (nSPS) is 17.3. The molecule has 0 atom stereocenters. The molecule has 0 saturated carbocycles. The van der Waals surface area contributed by atoms with E-state index in [1.165, 1.54) is 0 Å². The van der Waals surface area contributed by atoms with Crippen molar-refractivity contribution < 1.29 is 14.3 Å². The van der Waals surface area contributed by atoms with Crippen LogP contribution in [0.25, 0.3) is 22.4 Å². The number of anilines is 2. The molecule has 5 rings (SSSR count). The van der Waals surface area contributed by atoms with Gasteiger partial charge in [-0.15, -0.1) is 0 Å². The van der Waals surface area contributed by atoms with E-state index < -0.39 is 6.09 Å². The maximum atomic E-state index is 11.7. The quantitative estimate of drug-likeness (QED) is 0.610. The van der Waals surface area contributed by atoms with Crippen LogP contribution in [0, 0.1) is 0 Å². The Balaban J connectivity index is 1.53. The van der Waals surface area contributed by atoms with Gasteiger partial charge >= 0.3 is 6.09 Å². The molecule has 0 radical (unpaired) electrons. The summed E-state index contributed by atoms with van der Waals surface area (Å²) in [5.41, 5.74) is 2.40. The van der Waals surface area contributed by atoms with Crippen LogP contribution in [0.2, 0.25) is 0 Å². The minimum atomic E-state index is -0.469. The molecule has 0 unspecified atom stereocenters. The van der Waals surface area contributed by atoms with E-state index in [-0.39, 0.29) is 0 Å². The first-order valence-corrected chi connectivity index (χ1v) is 11.6. The Kier molecular flexibility index (Phi) is 6.36. The number of rotatable bonds is 5. The van der Waals surface area contributed by atoms with Crippen LogP contribution in [-0.4, -0.2) is 71.8 Å². The molecule has 2 N–H and O–H groups in total. The number of nitrogens with zero attached hydrogens (tertiary/aromatic N) is 5. The molecule has 0 aliphatic carbocycles. The van der Waals surface area contributed by atoms with Crippen molar-refractivity contribution in [1.82, 2.24) is 25.1 Å². The molecule has 10 heteroatoms. The number of nitrogens with one attached hydrogen (secondary N) is 2. The zero-order chi connectivity index (χ0) is 22.6. The molecule has 2 fully saturated rings. The Morgan fingerprint density at radius 3 is 2.67 bits per heavy atom. The van der Waals surface area contributed by atoms with E-state index in [0.29, 0.717) is 37.4 Å². The monoisotopic (exact) mass is 451 g/mol. The third-order valence-corrected chi connectivity index (χ3v) is 6.06. The van der Waals surface area contributed by atoms with Crippen molar-refractivity contribution in [3.63, 3.8) is 0 Å². The van der Waals surface area contributed by atoms with Crippen molar-refractivity contribution in [2.45, 2.75) is 25.8 Å². The lowest BCUT2D eigenvalue weighted by molar-refractivity contribution is 0.122. The molecule has 2 saturated heterocycles. The van der Waals surface area contributed by atoms with E-state index in [1.54, 1.807) is 6.92 Å². The molecule has 1 aromatic carbocycles. The van der Waals surface area contributed by atoms with Gasteiger partial charge in [-0.1, -0.05) is 0 Å². The molecular weight excluding hydrogens is 422 g/mol. The molecule has 0 spiro atoms. The van der Waals surface area contributed by atoms with Crippen molar-refractivity contribution >= 4 is 28.6 Å². The fourth-order valence-corrected chi connectivity index (χ4v) is 4.36. The largest absolute Gasteiger partial charge is 0.450 e. The summed E-state index contributed by atoms with van der Waals surface area (Å²) in [4.78, 5) is 23.9. The maximum absolute atomic E-state index is 11.7. The Hall–Kier alpha value is -3.24. The summed E-state index contributed by atoms with van der Waals surface area (Å²) >= 11 is 0. The summed E-state index contributed by atoms with van der Waals surface area (Å²) in [7, 11) is 0. The van der Waals surface area contributed by atoms with Gasteiger partial charge in [-0.3, -0.25) is 5.32 Å². The highest BCUT2D eigenvalue weighted by Crippen LogP contribution is 2.31. The third-order valence-electron chi connectivity index (χ3n) is 6.06. The van der Waals surface area contributed by atoms with Crippen LogP contribution >= 0.6 is 0 Å². The van der Waals surface area contributed by atoms with Crippen LogP contribution in [0.15, 0.2) is 30.5 Å². The first kappa shape index (κ1) is 21.6. The van der Waals surface area contributed by atoms with Gasteiger partial charge in [0.25, 0.3) is 0 Å². The number of ether oxygens (including phenoxy) is 2. The highest BCUT2D eigenvalue weighted by molar-refractivity contribution is 5.89. The van der Waals surface area contributed by atoms with Gasteiger partial charge in [-0.2, -0.15) is 5.10 Å². The van der Waals surface area contributed by atoms with Gasteiger partial charge < -0.3 is 19.7 Å². The number of piperidine rings is 1. The van der Waals surface area contributed by atoms with Crippen molar-refractivity contribution in [2.24, 2.45) is 0 Å². The van der Waals surface area contributed by atoms with Crippen molar-refractivity contribution in [3.8, 4) is 11.4 Å². The van der Waals surface area contributed by atoms with Gasteiger partial charge in [0, 0.05) is 24.3 Å². The average molecular weight is 452 g/mol. The predicted molar refractivity (Wildman–Crippen MR) is 126 cm³/mol. The highest BCUT2D eigenvalue weighted by atomic mass is 16.5. The molecule has 0 bridgehead atoms. The molecule has 3 aromatic rings. The predicted octanol–water partition coefficient (Wildman–Crippen LogP) is 2.82. The van der Waals surface area contributed by atoms with Gasteiger partial charge in [0.1, 0.15) is 5.82 Å². The number of carbonyl (C=O) groups is 1. The molecular formula is C23H29N7O3. The van der Waals surface area contributed by atoms with E-state index in [2.05, 4.69) is 20.2 Å². The average Bonchev–Trinajstić information content (AvgIpc) is 3.29. The first-order valence-electron chi connectivity index (χ1n) is 11.6. The summed E-state index contributed by atoms with van der Waals surface area (Å²) in [6.45, 7) is 6.99. The topological polar surface area (TPSA) is 106 Å². The lowest BCUT2D eigenvalue weighted by Gasteiger charge is -2.28. The lowest BCUT2D eigenvalue weighted by Crippen LogP contribution is -2.37. The summed E-state index contributed by atoms with van der Waals surface area (Å²) < 4.78 is 12.6. The molecule has 174 valence electrons. The maximum Gasteiger partial charge on any atom is 0.411 e. The fraction of sp³-hybridized carbons (Fsp3) is 0.478. The second-order valence-electron chi connectivity index (χ2n) is 8.20. The first-order chi connectivity index (χ1) is 16.2. The number of morpholine rings is 1. The standard InChI is InChI=1S/C23H29N7O3/c1-2-33-23(31)26-17-5-3-16(4-6-17)20-27-21(29-11-13-32-14-12-29)19-15-25-30(22(19)28-20)18-7-9-24-10-8-18/h3-6,15,18,24H,2,7-14H2,1H3,(H,26,31). The minimum Gasteiger partial charge on any atom is -0.450 e. The van der Waals surface area contributed by atoms with E-state index in [4.69, 9.17) is 24.5 Å². The Labute approximate surface area is 192 Å². The lowest BCUT2D eigenvalue weighted by atomic mass is 10.1. The molecule has 2 aliphatic rings. The zero-order valence-corrected chi connectivity index (χ0v) is 18.8. The van der Waals surface area contributed by atoms with Crippen LogP contribution in [0.1, 0.15) is 25.8 Å². The number of benzene rings is 1. The second-order valence-corrected chi connectivity index (χ2v) is 8.20. The Morgan fingerprint density at radius 2 is 1.94 bits per heavy atom. The summed E-state index contributed by atoms with van der Waals surface area (Å²) in [5, 5.41) is 11.8. The van der Waals surface area contributed by atoms with Gasteiger partial charge in [-0.05, 0) is 57.1 Å². The summed E-state index contributed by atoms with van der Waals surface area (Å²) in [6, 6.07) is 7.81. The molecule has 2 aliphatic heterocycles. The number of carbonyl (C=O) groups excluding carboxylic acids is 1. The van der Waals surface area contributed by atoms with Crippen molar-refractivity contribution in [2.75, 3.05) is 56.2 Å². The molecule has 1 amide bonds. The smallest absolute Gasteiger partial charge is 0.411 e. The number of aromatic nitrogens is 4. The van der Waals surface area contributed by atoms with Gasteiger partial charge in [0.2, 0.25) is 0 Å². The van der Waals surface area contributed by atoms with Crippen LogP contribution in [0.5, 0.6) is 0 Å². The van der Waals surface area contributed by atoms with Crippen molar-refractivity contribution in [3.05, 3.63) is 30.5 Å². The second kappa shape index (κ2) is 9.72. The third kappa shape index (κ3) is 4.62. The number of fused-ring (bicyclic) bond motifs is 1. The molecule has 4 heterocycles. The summed E-state index contributed by atoms with van der Waals surface area (Å²) in [6.07, 6.45) is 3.48. The van der Waals surface area contributed by atoms with Gasteiger partial charge in [0.05, 0.1) is 37.4 Å². The van der Waals surface area contributed by atoms with E-state index in [9.17, 15) is 4.79 Å². The van der Waals surface area contributed by atoms with E-state index in [0.717, 1.165) is 61.4 Å². The van der Waals surface area contributed by atoms with E-state index >= 15 is 0 Å². The number of hydrogen-bond acceptors (Lipinski definition) is 8. The molecule has 2 aromatic heterocycles. The van der Waals surface area contributed by atoms with Crippen LogP contribution < -0.4 is 15.5 Å². The van der Waals surface area contributed by atoms with Crippen LogP contribution in [0.4, 0.5) is 16.3 Å². The van der Waals surface area contributed by atoms with Crippen LogP contribution in [-0.2, 0) is 9.47 Å². The van der Waals surface area contributed by atoms with E-state index in [1.807, 2.05) is 30.5 Å². The zero-order valence-electron chi connectivity index (χ0n) is 18.8.